The second-order valence-corrected chi connectivity index (χ2v) is 5.90. The molecular formula is C12H14BrN3S. The molecule has 0 spiro atoms. The normalized spacial score (nSPS) is 12.7. The molecule has 0 fully saturated rings. The number of aromatic nitrogens is 2. The van der Waals surface area contributed by atoms with Crippen LogP contribution in [0.2, 0.25) is 0 Å². The predicted molar refractivity (Wildman–Crippen MR) is 75.0 cm³/mol. The number of nitrogens with zero attached hydrogens (tertiary/aromatic N) is 2. The molecule has 1 unspecified atom stereocenters. The Morgan fingerprint density at radius 1 is 1.35 bits per heavy atom. The molecular weight excluding hydrogens is 298 g/mol. The fourth-order valence-corrected chi connectivity index (χ4v) is 3.06. The summed E-state index contributed by atoms with van der Waals surface area (Å²) in [6.45, 7) is 4.11. The topological polar surface area (TPSA) is 51.8 Å². The van der Waals surface area contributed by atoms with E-state index in [4.69, 9.17) is 5.73 Å². The molecule has 0 saturated carbocycles. The average molecular weight is 312 g/mol. The summed E-state index contributed by atoms with van der Waals surface area (Å²) in [5.41, 5.74) is 8.23. The minimum Gasteiger partial charge on any atom is -0.322 e. The van der Waals surface area contributed by atoms with Crippen LogP contribution in [0, 0.1) is 6.92 Å². The van der Waals surface area contributed by atoms with Crippen molar-refractivity contribution in [2.75, 3.05) is 0 Å². The van der Waals surface area contributed by atoms with Crippen LogP contribution < -0.4 is 5.73 Å². The molecule has 0 radical (unpaired) electrons. The fraction of sp³-hybridized carbons (Fsp3) is 0.333. The van der Waals surface area contributed by atoms with Crippen LogP contribution in [-0.4, -0.2) is 10.2 Å². The molecule has 2 N–H and O–H groups in total. The summed E-state index contributed by atoms with van der Waals surface area (Å²) < 4.78 is 1.06. The summed E-state index contributed by atoms with van der Waals surface area (Å²) in [4.78, 5) is 0. The molecule has 1 aromatic heterocycles. The second-order valence-electron chi connectivity index (χ2n) is 3.98. The van der Waals surface area contributed by atoms with Crippen LogP contribution in [0.1, 0.15) is 30.0 Å². The van der Waals surface area contributed by atoms with Gasteiger partial charge in [0.15, 0.2) is 0 Å². The van der Waals surface area contributed by atoms with Gasteiger partial charge in [-0.25, -0.2) is 0 Å². The Bertz CT molecular complexity index is 504. The summed E-state index contributed by atoms with van der Waals surface area (Å²) >= 11 is 5.06. The van der Waals surface area contributed by atoms with Gasteiger partial charge in [0.05, 0.1) is 6.04 Å². The summed E-state index contributed by atoms with van der Waals surface area (Å²) in [6, 6.07) is 6.22. The molecule has 0 aliphatic rings. The zero-order valence-electron chi connectivity index (χ0n) is 9.77. The first kappa shape index (κ1) is 12.7. The van der Waals surface area contributed by atoms with E-state index in [0.717, 1.165) is 26.5 Å². The maximum absolute atomic E-state index is 5.94. The van der Waals surface area contributed by atoms with E-state index in [0.29, 0.717) is 0 Å². The third-order valence-electron chi connectivity index (χ3n) is 2.49. The minimum atomic E-state index is -0.00509. The molecule has 90 valence electrons. The highest BCUT2D eigenvalue weighted by molar-refractivity contribution is 9.10. The number of hydrogen-bond donors (Lipinski definition) is 1. The van der Waals surface area contributed by atoms with E-state index in [-0.39, 0.29) is 6.04 Å². The van der Waals surface area contributed by atoms with Gasteiger partial charge in [-0.15, -0.1) is 10.2 Å². The number of benzene rings is 1. The van der Waals surface area contributed by atoms with Gasteiger partial charge in [0.25, 0.3) is 0 Å². The van der Waals surface area contributed by atoms with E-state index in [2.05, 4.69) is 58.2 Å². The van der Waals surface area contributed by atoms with Crippen LogP contribution in [0.4, 0.5) is 0 Å². The summed E-state index contributed by atoms with van der Waals surface area (Å²) in [7, 11) is 0. The van der Waals surface area contributed by atoms with Crippen molar-refractivity contribution in [2.45, 2.75) is 26.3 Å². The number of hydrogen-bond acceptors (Lipinski definition) is 4. The quantitative estimate of drug-likeness (QED) is 0.940. The van der Waals surface area contributed by atoms with Crippen LogP contribution in [0.15, 0.2) is 22.7 Å². The molecule has 1 heterocycles. The van der Waals surface area contributed by atoms with Crippen molar-refractivity contribution in [3.63, 3.8) is 0 Å². The third kappa shape index (κ3) is 2.91. The molecule has 2 rings (SSSR count). The maximum Gasteiger partial charge on any atom is 0.147 e. The Balaban J connectivity index is 2.36. The monoisotopic (exact) mass is 311 g/mol. The zero-order chi connectivity index (χ0) is 12.4. The summed E-state index contributed by atoms with van der Waals surface area (Å²) in [5.74, 6) is 0. The lowest BCUT2D eigenvalue weighted by molar-refractivity contribution is 0.683. The zero-order valence-corrected chi connectivity index (χ0v) is 12.2. The Labute approximate surface area is 113 Å². The van der Waals surface area contributed by atoms with Gasteiger partial charge in [-0.3, -0.25) is 0 Å². The van der Waals surface area contributed by atoms with Crippen LogP contribution in [0.3, 0.4) is 0 Å². The smallest absolute Gasteiger partial charge is 0.147 e. The molecule has 1 aromatic carbocycles. The van der Waals surface area contributed by atoms with E-state index >= 15 is 0 Å². The lowest BCUT2D eigenvalue weighted by atomic mass is 10.1. The Kier molecular flexibility index (Phi) is 3.91. The maximum atomic E-state index is 5.94. The Morgan fingerprint density at radius 3 is 2.76 bits per heavy atom. The van der Waals surface area contributed by atoms with Gasteiger partial charge < -0.3 is 5.73 Å². The van der Waals surface area contributed by atoms with Crippen molar-refractivity contribution in [3.05, 3.63) is 33.2 Å². The lowest BCUT2D eigenvalue weighted by Crippen LogP contribution is -2.07. The van der Waals surface area contributed by atoms with Gasteiger partial charge in [-0.2, -0.15) is 0 Å². The SMILES string of the molecule is CCC(N)c1nnc(-c2cc(C)cc(Br)c2)s1. The molecule has 3 nitrogen and oxygen atoms in total. The van der Waals surface area contributed by atoms with E-state index < -0.39 is 0 Å². The van der Waals surface area contributed by atoms with Crippen LogP contribution in [0.25, 0.3) is 10.6 Å². The number of halogens is 1. The van der Waals surface area contributed by atoms with Crippen LogP contribution >= 0.6 is 27.3 Å². The molecule has 0 amide bonds. The molecule has 1 atom stereocenters. The highest BCUT2D eigenvalue weighted by Crippen LogP contribution is 2.29. The van der Waals surface area contributed by atoms with Crippen LogP contribution in [0.5, 0.6) is 0 Å². The molecule has 0 aliphatic heterocycles. The molecule has 0 aliphatic carbocycles. The Morgan fingerprint density at radius 2 is 2.12 bits per heavy atom. The van der Waals surface area contributed by atoms with E-state index in [9.17, 15) is 0 Å². The molecule has 0 bridgehead atoms. The third-order valence-corrected chi connectivity index (χ3v) is 4.05. The average Bonchev–Trinajstić information content (AvgIpc) is 2.76. The fourth-order valence-electron chi connectivity index (χ4n) is 1.54. The van der Waals surface area contributed by atoms with Gasteiger partial charge in [0, 0.05) is 10.0 Å². The predicted octanol–water partition coefficient (Wildman–Crippen LogP) is 3.69. The van der Waals surface area contributed by atoms with Crippen molar-refractivity contribution in [3.8, 4) is 10.6 Å². The number of aryl methyl sites for hydroxylation is 1. The highest BCUT2D eigenvalue weighted by atomic mass is 79.9. The van der Waals surface area contributed by atoms with E-state index in [1.165, 1.54) is 5.56 Å². The molecule has 17 heavy (non-hydrogen) atoms. The largest absolute Gasteiger partial charge is 0.322 e. The van der Waals surface area contributed by atoms with Gasteiger partial charge in [-0.05, 0) is 37.1 Å². The first-order chi connectivity index (χ1) is 8.10. The minimum absolute atomic E-state index is 0.00509. The second kappa shape index (κ2) is 5.25. The van der Waals surface area contributed by atoms with Gasteiger partial charge in [0.1, 0.15) is 10.0 Å². The molecule has 5 heteroatoms. The van der Waals surface area contributed by atoms with Crippen molar-refractivity contribution in [1.29, 1.82) is 0 Å². The first-order valence-electron chi connectivity index (χ1n) is 5.46. The van der Waals surface area contributed by atoms with Gasteiger partial charge >= 0.3 is 0 Å². The number of rotatable bonds is 3. The van der Waals surface area contributed by atoms with Crippen molar-refractivity contribution in [2.24, 2.45) is 5.73 Å². The van der Waals surface area contributed by atoms with Gasteiger partial charge in [0.2, 0.25) is 0 Å². The van der Waals surface area contributed by atoms with Crippen LogP contribution in [-0.2, 0) is 0 Å². The highest BCUT2D eigenvalue weighted by Gasteiger charge is 2.12. The van der Waals surface area contributed by atoms with Crippen molar-refractivity contribution < 1.29 is 0 Å². The molecule has 2 aromatic rings. The standard InChI is InChI=1S/C12H14BrN3S/c1-3-10(14)12-16-15-11(17-12)8-4-7(2)5-9(13)6-8/h4-6,10H,3,14H2,1-2H3. The van der Waals surface area contributed by atoms with E-state index in [1.54, 1.807) is 11.3 Å². The Hall–Kier alpha value is -0.780. The lowest BCUT2D eigenvalue weighted by Gasteiger charge is -2.01. The van der Waals surface area contributed by atoms with Gasteiger partial charge in [-0.1, -0.05) is 34.2 Å². The number of nitrogens with two attached hydrogens (primary N) is 1. The first-order valence-corrected chi connectivity index (χ1v) is 7.07. The summed E-state index contributed by atoms with van der Waals surface area (Å²) in [5, 5.41) is 10.2. The molecule has 0 saturated heterocycles. The van der Waals surface area contributed by atoms with Crippen molar-refractivity contribution in [1.82, 2.24) is 10.2 Å². The van der Waals surface area contributed by atoms with E-state index in [1.807, 2.05) is 0 Å². The van der Waals surface area contributed by atoms with Crippen molar-refractivity contribution >= 4 is 27.3 Å². The summed E-state index contributed by atoms with van der Waals surface area (Å²) in [6.07, 6.45) is 0.881.